The first kappa shape index (κ1) is 13.7. The van der Waals surface area contributed by atoms with Crippen LogP contribution in [-0.4, -0.2) is 35.5 Å². The molecule has 17 heavy (non-hydrogen) atoms. The summed E-state index contributed by atoms with van der Waals surface area (Å²) in [4.78, 5) is 25.8. The van der Waals surface area contributed by atoms with E-state index in [2.05, 4.69) is 6.92 Å². The first-order valence-corrected chi connectivity index (χ1v) is 6.42. The summed E-state index contributed by atoms with van der Waals surface area (Å²) in [6.45, 7) is 2.53. The molecule has 94 valence electrons. The Morgan fingerprint density at radius 3 is 2.65 bits per heavy atom. The standard InChI is InChI=1S/C12H17NO3S/c1-3-9-6-7-10(17-9)12(16)13(2)8-4-5-11(14)15/h6-7H,3-5,8H2,1-2H3,(H,14,15). The minimum Gasteiger partial charge on any atom is -0.481 e. The predicted molar refractivity (Wildman–Crippen MR) is 67.5 cm³/mol. The monoisotopic (exact) mass is 255 g/mol. The lowest BCUT2D eigenvalue weighted by atomic mass is 10.3. The number of amides is 1. The molecule has 0 aliphatic carbocycles. The van der Waals surface area contributed by atoms with Gasteiger partial charge in [-0.15, -0.1) is 11.3 Å². The number of thiophene rings is 1. The van der Waals surface area contributed by atoms with Gasteiger partial charge in [0.2, 0.25) is 0 Å². The third-order valence-electron chi connectivity index (χ3n) is 2.45. The first-order valence-electron chi connectivity index (χ1n) is 5.60. The van der Waals surface area contributed by atoms with Gasteiger partial charge in [0.05, 0.1) is 4.88 Å². The highest BCUT2D eigenvalue weighted by Gasteiger charge is 2.13. The molecule has 4 nitrogen and oxygen atoms in total. The van der Waals surface area contributed by atoms with Crippen molar-refractivity contribution < 1.29 is 14.7 Å². The zero-order valence-corrected chi connectivity index (χ0v) is 10.9. The fourth-order valence-corrected chi connectivity index (χ4v) is 2.38. The van der Waals surface area contributed by atoms with E-state index in [1.807, 2.05) is 12.1 Å². The van der Waals surface area contributed by atoms with Gasteiger partial charge in [-0.1, -0.05) is 6.92 Å². The van der Waals surface area contributed by atoms with Gasteiger partial charge in [0.1, 0.15) is 0 Å². The molecule has 5 heteroatoms. The zero-order chi connectivity index (χ0) is 12.8. The average Bonchev–Trinajstić information content (AvgIpc) is 2.75. The van der Waals surface area contributed by atoms with Crippen LogP contribution in [0.2, 0.25) is 0 Å². The normalized spacial score (nSPS) is 10.2. The number of carbonyl (C=O) groups is 2. The summed E-state index contributed by atoms with van der Waals surface area (Å²) < 4.78 is 0. The molecular formula is C12H17NO3S. The fraction of sp³-hybridized carbons (Fsp3) is 0.500. The maximum Gasteiger partial charge on any atom is 0.303 e. The molecule has 0 aromatic carbocycles. The number of rotatable bonds is 6. The van der Waals surface area contributed by atoms with Crippen LogP contribution in [0.4, 0.5) is 0 Å². The predicted octanol–water partition coefficient (Wildman–Crippen LogP) is 2.25. The maximum absolute atomic E-state index is 11.9. The number of carbonyl (C=O) groups excluding carboxylic acids is 1. The summed E-state index contributed by atoms with van der Waals surface area (Å²) >= 11 is 1.50. The highest BCUT2D eigenvalue weighted by Crippen LogP contribution is 2.18. The summed E-state index contributed by atoms with van der Waals surface area (Å²) in [5.41, 5.74) is 0. The van der Waals surface area contributed by atoms with Gasteiger partial charge in [0.25, 0.3) is 5.91 Å². The van der Waals surface area contributed by atoms with Crippen LogP contribution in [0.1, 0.15) is 34.3 Å². The molecule has 1 aromatic rings. The second-order valence-electron chi connectivity index (χ2n) is 3.84. The summed E-state index contributed by atoms with van der Waals surface area (Å²) in [6, 6.07) is 3.79. The van der Waals surface area contributed by atoms with Crippen molar-refractivity contribution in [2.24, 2.45) is 0 Å². The number of nitrogens with zero attached hydrogens (tertiary/aromatic N) is 1. The molecule has 0 unspecified atom stereocenters. The quantitative estimate of drug-likeness (QED) is 0.848. The number of hydrogen-bond acceptors (Lipinski definition) is 3. The van der Waals surface area contributed by atoms with Crippen LogP contribution in [0.5, 0.6) is 0 Å². The van der Waals surface area contributed by atoms with E-state index in [0.29, 0.717) is 13.0 Å². The lowest BCUT2D eigenvalue weighted by molar-refractivity contribution is -0.137. The van der Waals surface area contributed by atoms with Gasteiger partial charge in [-0.25, -0.2) is 0 Å². The molecule has 0 saturated carbocycles. The molecule has 0 aliphatic rings. The van der Waals surface area contributed by atoms with E-state index < -0.39 is 5.97 Å². The van der Waals surface area contributed by atoms with Crippen LogP contribution in [0.15, 0.2) is 12.1 Å². The van der Waals surface area contributed by atoms with Gasteiger partial charge < -0.3 is 10.0 Å². The van der Waals surface area contributed by atoms with Crippen LogP contribution in [-0.2, 0) is 11.2 Å². The molecule has 0 fully saturated rings. The highest BCUT2D eigenvalue weighted by atomic mass is 32.1. The molecular weight excluding hydrogens is 238 g/mol. The van der Waals surface area contributed by atoms with Crippen molar-refractivity contribution in [3.63, 3.8) is 0 Å². The summed E-state index contributed by atoms with van der Waals surface area (Å²) in [5.74, 6) is -0.852. The van der Waals surface area contributed by atoms with E-state index in [9.17, 15) is 9.59 Å². The summed E-state index contributed by atoms with van der Waals surface area (Å²) in [5, 5.41) is 8.52. The van der Waals surface area contributed by atoms with Gasteiger partial charge in [-0.05, 0) is 25.0 Å². The molecule has 0 atom stereocenters. The van der Waals surface area contributed by atoms with Gasteiger partial charge >= 0.3 is 5.97 Å². The first-order chi connectivity index (χ1) is 8.04. The van der Waals surface area contributed by atoms with Gasteiger partial charge in [0.15, 0.2) is 0 Å². The zero-order valence-electron chi connectivity index (χ0n) is 10.1. The Bertz CT molecular complexity index is 400. The van der Waals surface area contributed by atoms with Crippen LogP contribution in [0.3, 0.4) is 0 Å². The molecule has 1 aromatic heterocycles. The molecule has 0 saturated heterocycles. The van der Waals surface area contributed by atoms with E-state index in [1.165, 1.54) is 16.2 Å². The van der Waals surface area contributed by atoms with Crippen LogP contribution in [0, 0.1) is 0 Å². The summed E-state index contributed by atoms with van der Waals surface area (Å²) in [7, 11) is 1.70. The lowest BCUT2D eigenvalue weighted by Crippen LogP contribution is -2.27. The third kappa shape index (κ3) is 4.19. The summed E-state index contributed by atoms with van der Waals surface area (Å²) in [6.07, 6.45) is 1.52. The molecule has 0 bridgehead atoms. The van der Waals surface area contributed by atoms with Crippen LogP contribution >= 0.6 is 11.3 Å². The third-order valence-corrected chi connectivity index (χ3v) is 3.67. The van der Waals surface area contributed by atoms with Crippen molar-refractivity contribution in [1.82, 2.24) is 4.90 Å². The molecule has 1 rings (SSSR count). The second kappa shape index (κ2) is 6.39. The average molecular weight is 255 g/mol. The minimum atomic E-state index is -0.824. The van der Waals surface area contributed by atoms with E-state index in [-0.39, 0.29) is 12.3 Å². The number of aliphatic carboxylic acids is 1. The fourth-order valence-electron chi connectivity index (χ4n) is 1.44. The van der Waals surface area contributed by atoms with E-state index in [0.717, 1.165) is 11.3 Å². The Morgan fingerprint density at radius 1 is 1.41 bits per heavy atom. The van der Waals surface area contributed by atoms with Crippen molar-refractivity contribution >= 4 is 23.2 Å². The Morgan fingerprint density at radius 2 is 2.12 bits per heavy atom. The van der Waals surface area contributed by atoms with Gasteiger partial charge in [0, 0.05) is 24.9 Å². The van der Waals surface area contributed by atoms with Gasteiger partial charge in [-0.3, -0.25) is 9.59 Å². The van der Waals surface area contributed by atoms with E-state index in [1.54, 1.807) is 11.9 Å². The number of carboxylic acid groups (broad SMARTS) is 1. The number of aryl methyl sites for hydroxylation is 1. The molecule has 0 aliphatic heterocycles. The molecule has 0 radical (unpaired) electrons. The van der Waals surface area contributed by atoms with Crippen molar-refractivity contribution in [3.05, 3.63) is 21.9 Å². The van der Waals surface area contributed by atoms with Crippen molar-refractivity contribution in [3.8, 4) is 0 Å². The Balaban J connectivity index is 2.48. The molecule has 0 spiro atoms. The van der Waals surface area contributed by atoms with Gasteiger partial charge in [-0.2, -0.15) is 0 Å². The molecule has 1 N–H and O–H groups in total. The van der Waals surface area contributed by atoms with Crippen molar-refractivity contribution in [1.29, 1.82) is 0 Å². The Labute approximate surface area is 105 Å². The Hall–Kier alpha value is -1.36. The number of carboxylic acids is 1. The van der Waals surface area contributed by atoms with E-state index in [4.69, 9.17) is 5.11 Å². The Kier molecular flexibility index (Phi) is 5.15. The van der Waals surface area contributed by atoms with E-state index >= 15 is 0 Å². The largest absolute Gasteiger partial charge is 0.481 e. The second-order valence-corrected chi connectivity index (χ2v) is 5.01. The minimum absolute atomic E-state index is 0.0277. The maximum atomic E-state index is 11.9. The SMILES string of the molecule is CCc1ccc(C(=O)N(C)CCCC(=O)O)s1. The lowest BCUT2D eigenvalue weighted by Gasteiger charge is -2.15. The highest BCUT2D eigenvalue weighted by molar-refractivity contribution is 7.14. The van der Waals surface area contributed by atoms with Crippen molar-refractivity contribution in [2.75, 3.05) is 13.6 Å². The van der Waals surface area contributed by atoms with Crippen LogP contribution in [0.25, 0.3) is 0 Å². The molecule has 1 amide bonds. The topological polar surface area (TPSA) is 57.6 Å². The number of hydrogen-bond donors (Lipinski definition) is 1. The molecule has 1 heterocycles. The van der Waals surface area contributed by atoms with Crippen LogP contribution < -0.4 is 0 Å². The smallest absolute Gasteiger partial charge is 0.303 e. The van der Waals surface area contributed by atoms with Crippen molar-refractivity contribution in [2.45, 2.75) is 26.2 Å².